The van der Waals surface area contributed by atoms with Crippen LogP contribution in [0.25, 0.3) is 10.2 Å². The number of aryl methyl sites for hydroxylation is 1. The Kier molecular flexibility index (Phi) is 4.45. The van der Waals surface area contributed by atoms with Gasteiger partial charge in [-0.1, -0.05) is 29.5 Å². The van der Waals surface area contributed by atoms with Gasteiger partial charge in [0, 0.05) is 18.4 Å². The molecule has 3 aromatic rings. The number of amides is 3. The highest BCUT2D eigenvalue weighted by molar-refractivity contribution is 7.22. The fourth-order valence-corrected chi connectivity index (χ4v) is 3.96. The minimum atomic E-state index is -0.245. The molecule has 2 aromatic carbocycles. The van der Waals surface area contributed by atoms with Crippen LogP contribution in [0.15, 0.2) is 42.5 Å². The Morgan fingerprint density at radius 1 is 1.11 bits per heavy atom. The van der Waals surface area contributed by atoms with E-state index in [1.165, 1.54) is 16.2 Å². The minimum Gasteiger partial charge on any atom is -0.298 e. The van der Waals surface area contributed by atoms with Gasteiger partial charge < -0.3 is 0 Å². The number of imide groups is 1. The average Bonchev–Trinajstić information content (AvgIpc) is 3.19. The molecule has 0 unspecified atom stereocenters. The second kappa shape index (κ2) is 6.92. The number of nitrogens with zero attached hydrogens (tertiary/aromatic N) is 2. The van der Waals surface area contributed by atoms with Crippen molar-refractivity contribution in [1.82, 2.24) is 9.88 Å². The first-order valence-corrected chi connectivity index (χ1v) is 9.42. The number of likely N-dealkylation sites (tertiary alicyclic amines) is 1. The third kappa shape index (κ3) is 3.59. The Balaban J connectivity index is 1.45. The number of rotatable bonds is 4. The van der Waals surface area contributed by atoms with E-state index in [1.54, 1.807) is 24.3 Å². The Bertz CT molecular complexity index is 1040. The van der Waals surface area contributed by atoms with Crippen molar-refractivity contribution in [3.63, 3.8) is 0 Å². The van der Waals surface area contributed by atoms with Gasteiger partial charge in [-0.3, -0.25) is 24.6 Å². The zero-order valence-electron chi connectivity index (χ0n) is 14.7. The first-order chi connectivity index (χ1) is 13.0. The van der Waals surface area contributed by atoms with E-state index in [4.69, 9.17) is 0 Å². The van der Waals surface area contributed by atoms with Crippen molar-refractivity contribution in [3.05, 3.63) is 59.2 Å². The van der Waals surface area contributed by atoms with Gasteiger partial charge in [-0.15, -0.1) is 0 Å². The lowest BCUT2D eigenvalue weighted by molar-refractivity contribution is -0.139. The predicted octanol–water partition coefficient (Wildman–Crippen LogP) is 3.51. The molecular weight excluding hydrogens is 362 g/mol. The number of thiazole rings is 1. The Hall–Kier alpha value is -3.06. The zero-order valence-corrected chi connectivity index (χ0v) is 15.5. The molecule has 3 amide bonds. The minimum absolute atomic E-state index is 0.145. The second-order valence-electron chi connectivity index (χ2n) is 6.51. The maximum Gasteiger partial charge on any atom is 0.257 e. The van der Waals surface area contributed by atoms with Gasteiger partial charge in [-0.05, 0) is 42.3 Å². The second-order valence-corrected chi connectivity index (χ2v) is 7.55. The number of fused-ring (bicyclic) bond motifs is 1. The summed E-state index contributed by atoms with van der Waals surface area (Å²) in [6, 6.07) is 12.9. The van der Waals surface area contributed by atoms with Crippen molar-refractivity contribution < 1.29 is 14.4 Å². The summed E-state index contributed by atoms with van der Waals surface area (Å²) >= 11 is 1.43. The maximum atomic E-state index is 12.5. The van der Waals surface area contributed by atoms with E-state index < -0.39 is 0 Å². The van der Waals surface area contributed by atoms with Gasteiger partial charge in [0.15, 0.2) is 5.13 Å². The molecule has 2 heterocycles. The number of hydrogen-bond acceptors (Lipinski definition) is 5. The Morgan fingerprint density at radius 3 is 2.52 bits per heavy atom. The molecule has 4 rings (SSSR count). The van der Waals surface area contributed by atoms with Gasteiger partial charge in [0.05, 0.1) is 16.8 Å². The summed E-state index contributed by atoms with van der Waals surface area (Å²) in [6.07, 6.45) is 0.558. The molecule has 0 bridgehead atoms. The van der Waals surface area contributed by atoms with E-state index in [9.17, 15) is 14.4 Å². The third-order valence-electron chi connectivity index (χ3n) is 4.48. The van der Waals surface area contributed by atoms with Crippen LogP contribution in [-0.4, -0.2) is 27.6 Å². The molecule has 1 aromatic heterocycles. The molecule has 1 saturated heterocycles. The van der Waals surface area contributed by atoms with E-state index in [1.807, 2.05) is 25.1 Å². The van der Waals surface area contributed by atoms with Crippen molar-refractivity contribution in [2.75, 3.05) is 5.32 Å². The largest absolute Gasteiger partial charge is 0.298 e. The van der Waals surface area contributed by atoms with Crippen molar-refractivity contribution >= 4 is 44.4 Å². The lowest BCUT2D eigenvalue weighted by Crippen LogP contribution is -2.28. The molecule has 1 aliphatic rings. The van der Waals surface area contributed by atoms with E-state index >= 15 is 0 Å². The SMILES string of the molecule is Cc1ccc2nc(NC(=O)c3ccc(CN4C(=O)CCC4=O)cc3)sc2c1. The number of nitrogens with one attached hydrogen (secondary N) is 1. The molecule has 1 aliphatic heterocycles. The molecule has 0 radical (unpaired) electrons. The van der Waals surface area contributed by atoms with Crippen LogP contribution in [0.1, 0.15) is 34.3 Å². The fourth-order valence-electron chi connectivity index (χ4n) is 3.00. The predicted molar refractivity (Wildman–Crippen MR) is 104 cm³/mol. The van der Waals surface area contributed by atoms with Crippen LogP contribution in [0.3, 0.4) is 0 Å². The summed E-state index contributed by atoms with van der Waals surface area (Å²) in [6.45, 7) is 2.26. The van der Waals surface area contributed by atoms with Crippen LogP contribution in [0.4, 0.5) is 5.13 Å². The van der Waals surface area contributed by atoms with Crippen molar-refractivity contribution in [1.29, 1.82) is 0 Å². The highest BCUT2D eigenvalue weighted by atomic mass is 32.1. The fraction of sp³-hybridized carbons (Fsp3) is 0.200. The smallest absolute Gasteiger partial charge is 0.257 e. The molecule has 0 saturated carbocycles. The normalized spacial score (nSPS) is 14.2. The Labute approximate surface area is 159 Å². The molecule has 1 N–H and O–H groups in total. The number of carbonyl (C=O) groups excluding carboxylic acids is 3. The van der Waals surface area contributed by atoms with Gasteiger partial charge >= 0.3 is 0 Å². The van der Waals surface area contributed by atoms with Crippen LogP contribution >= 0.6 is 11.3 Å². The monoisotopic (exact) mass is 379 g/mol. The lowest BCUT2D eigenvalue weighted by atomic mass is 10.1. The van der Waals surface area contributed by atoms with Gasteiger partial charge in [0.2, 0.25) is 11.8 Å². The zero-order chi connectivity index (χ0) is 19.0. The summed E-state index contributed by atoms with van der Waals surface area (Å²) in [5.41, 5.74) is 3.31. The molecule has 27 heavy (non-hydrogen) atoms. The molecule has 136 valence electrons. The van der Waals surface area contributed by atoms with Crippen LogP contribution in [-0.2, 0) is 16.1 Å². The van der Waals surface area contributed by atoms with E-state index in [0.717, 1.165) is 21.3 Å². The molecular formula is C20H17N3O3S. The third-order valence-corrected chi connectivity index (χ3v) is 5.41. The molecule has 0 aliphatic carbocycles. The van der Waals surface area contributed by atoms with Gasteiger partial charge in [-0.2, -0.15) is 0 Å². The van der Waals surface area contributed by atoms with E-state index in [-0.39, 0.29) is 37.1 Å². The van der Waals surface area contributed by atoms with Crippen LogP contribution in [0.5, 0.6) is 0 Å². The number of benzene rings is 2. The topological polar surface area (TPSA) is 79.4 Å². The van der Waals surface area contributed by atoms with E-state index in [0.29, 0.717) is 10.7 Å². The number of aromatic nitrogens is 1. The first-order valence-electron chi connectivity index (χ1n) is 8.60. The molecule has 0 atom stereocenters. The lowest BCUT2D eigenvalue weighted by Gasteiger charge is -2.13. The summed E-state index contributed by atoms with van der Waals surface area (Å²) < 4.78 is 1.03. The van der Waals surface area contributed by atoms with Gasteiger partial charge in [0.1, 0.15) is 0 Å². The molecule has 7 heteroatoms. The van der Waals surface area contributed by atoms with Crippen LogP contribution in [0, 0.1) is 6.92 Å². The summed E-state index contributed by atoms with van der Waals surface area (Å²) in [5.74, 6) is -0.536. The quantitative estimate of drug-likeness (QED) is 0.704. The van der Waals surface area contributed by atoms with Crippen molar-refractivity contribution in [2.45, 2.75) is 26.3 Å². The highest BCUT2D eigenvalue weighted by Crippen LogP contribution is 2.27. The van der Waals surface area contributed by atoms with Gasteiger partial charge in [-0.25, -0.2) is 4.98 Å². The van der Waals surface area contributed by atoms with Crippen molar-refractivity contribution in [2.24, 2.45) is 0 Å². The van der Waals surface area contributed by atoms with Crippen molar-refractivity contribution in [3.8, 4) is 0 Å². The molecule has 0 spiro atoms. The van der Waals surface area contributed by atoms with Crippen LogP contribution in [0.2, 0.25) is 0 Å². The number of anilines is 1. The summed E-state index contributed by atoms with van der Waals surface area (Å²) in [7, 11) is 0. The molecule has 1 fully saturated rings. The van der Waals surface area contributed by atoms with Gasteiger partial charge in [0.25, 0.3) is 5.91 Å². The molecule has 6 nitrogen and oxygen atoms in total. The number of carbonyl (C=O) groups is 3. The first kappa shape index (κ1) is 17.4. The maximum absolute atomic E-state index is 12.5. The average molecular weight is 379 g/mol. The highest BCUT2D eigenvalue weighted by Gasteiger charge is 2.28. The van der Waals surface area contributed by atoms with Crippen LogP contribution < -0.4 is 5.32 Å². The summed E-state index contributed by atoms with van der Waals surface area (Å²) in [5, 5.41) is 3.38. The summed E-state index contributed by atoms with van der Waals surface area (Å²) in [4.78, 5) is 41.5. The van der Waals surface area contributed by atoms with E-state index in [2.05, 4.69) is 10.3 Å². The Morgan fingerprint density at radius 2 is 1.81 bits per heavy atom. The number of hydrogen-bond donors (Lipinski definition) is 1. The standard InChI is InChI=1S/C20H17N3O3S/c1-12-2-7-15-16(10-12)27-20(21-15)22-19(26)14-5-3-13(4-6-14)11-23-17(24)8-9-18(23)25/h2-7,10H,8-9,11H2,1H3,(H,21,22,26).